The van der Waals surface area contributed by atoms with Gasteiger partial charge in [0, 0.05) is 37.8 Å². The number of hydrogen-bond donors (Lipinski definition) is 0. The maximum absolute atomic E-state index is 4.50. The van der Waals surface area contributed by atoms with E-state index in [4.69, 9.17) is 0 Å². The number of fused-ring (bicyclic) bond motifs is 2. The number of likely N-dealkylation sites (N-methyl/N-ethyl adjacent to an activating group) is 1. The molecule has 4 unspecified atom stereocenters. The summed E-state index contributed by atoms with van der Waals surface area (Å²) in [6, 6.07) is 0. The summed E-state index contributed by atoms with van der Waals surface area (Å²) in [4.78, 5) is 4.97. The van der Waals surface area contributed by atoms with Gasteiger partial charge in [-0.05, 0) is 51.0 Å². The molecule has 3 fully saturated rings. The minimum Gasteiger partial charge on any atom is -0.372 e. The normalized spacial score (nSPS) is 38.7. The van der Waals surface area contributed by atoms with Crippen molar-refractivity contribution >= 4 is 0 Å². The first-order valence-corrected chi connectivity index (χ1v) is 7.85. The summed E-state index contributed by atoms with van der Waals surface area (Å²) in [5.41, 5.74) is 2.82. The monoisotopic (exact) mass is 260 g/mol. The number of hydrogen-bond acceptors (Lipinski definition) is 2. The van der Waals surface area contributed by atoms with Gasteiger partial charge in [-0.1, -0.05) is 18.7 Å². The summed E-state index contributed by atoms with van der Waals surface area (Å²) in [7, 11) is 2.22. The van der Waals surface area contributed by atoms with E-state index in [9.17, 15) is 0 Å². The van der Waals surface area contributed by atoms with Gasteiger partial charge >= 0.3 is 0 Å². The molecular formula is C17H28N2. The molecule has 0 aromatic carbocycles. The van der Waals surface area contributed by atoms with Crippen molar-refractivity contribution in [1.29, 1.82) is 0 Å². The Labute approximate surface area is 118 Å². The van der Waals surface area contributed by atoms with E-state index in [0.29, 0.717) is 11.8 Å². The second-order valence-corrected chi connectivity index (χ2v) is 7.01. The standard InChI is InChI=1S/C17H28N2/c1-12(2)16-14-5-6-15(11-14)17(16)13(3)19-9-7-18(4)8-10-19/h14-17H,1,3,5-11H2,2,4H3. The SMILES string of the molecule is C=C(C)C1C2CCC(C2)C1C(=C)N1CCN(C)CC1. The van der Waals surface area contributed by atoms with E-state index in [1.54, 1.807) is 0 Å². The Balaban J connectivity index is 1.73. The van der Waals surface area contributed by atoms with Crippen LogP contribution in [0.4, 0.5) is 0 Å². The lowest BCUT2D eigenvalue weighted by Crippen LogP contribution is -2.46. The second kappa shape index (κ2) is 4.97. The van der Waals surface area contributed by atoms with Crippen LogP contribution in [0.2, 0.25) is 0 Å². The van der Waals surface area contributed by atoms with E-state index in [2.05, 4.69) is 36.9 Å². The van der Waals surface area contributed by atoms with Gasteiger partial charge in [0.2, 0.25) is 0 Å². The Morgan fingerprint density at radius 2 is 1.53 bits per heavy atom. The predicted molar refractivity (Wildman–Crippen MR) is 80.8 cm³/mol. The molecule has 1 aliphatic heterocycles. The molecule has 0 aromatic rings. The zero-order chi connectivity index (χ0) is 13.6. The third kappa shape index (κ3) is 2.24. The summed E-state index contributed by atoms with van der Waals surface area (Å²) in [5, 5.41) is 0. The average Bonchev–Trinajstić information content (AvgIpc) is 2.98. The molecule has 3 aliphatic rings. The topological polar surface area (TPSA) is 6.48 Å². The molecular weight excluding hydrogens is 232 g/mol. The molecule has 2 bridgehead atoms. The maximum Gasteiger partial charge on any atom is 0.0303 e. The van der Waals surface area contributed by atoms with Gasteiger partial charge < -0.3 is 9.80 Å². The summed E-state index contributed by atoms with van der Waals surface area (Å²) < 4.78 is 0. The fraction of sp³-hybridized carbons (Fsp3) is 0.765. The molecule has 0 N–H and O–H groups in total. The zero-order valence-electron chi connectivity index (χ0n) is 12.6. The van der Waals surface area contributed by atoms with E-state index < -0.39 is 0 Å². The van der Waals surface area contributed by atoms with Crippen LogP contribution in [0.1, 0.15) is 26.2 Å². The van der Waals surface area contributed by atoms with Crippen molar-refractivity contribution in [3.05, 3.63) is 24.4 Å². The minimum absolute atomic E-state index is 0.694. The van der Waals surface area contributed by atoms with Crippen molar-refractivity contribution in [2.24, 2.45) is 23.7 Å². The number of rotatable bonds is 3. The van der Waals surface area contributed by atoms with Crippen LogP contribution in [0.5, 0.6) is 0 Å². The van der Waals surface area contributed by atoms with Crippen LogP contribution in [-0.4, -0.2) is 43.0 Å². The largest absolute Gasteiger partial charge is 0.372 e. The lowest BCUT2D eigenvalue weighted by Gasteiger charge is -2.41. The van der Waals surface area contributed by atoms with E-state index in [-0.39, 0.29) is 0 Å². The van der Waals surface area contributed by atoms with Crippen molar-refractivity contribution in [2.45, 2.75) is 26.2 Å². The Bertz CT molecular complexity index is 379. The quantitative estimate of drug-likeness (QED) is 0.720. The molecule has 2 nitrogen and oxygen atoms in total. The number of allylic oxidation sites excluding steroid dienone is 2. The van der Waals surface area contributed by atoms with Gasteiger partial charge in [-0.2, -0.15) is 0 Å². The molecule has 2 heteroatoms. The Morgan fingerprint density at radius 3 is 2.11 bits per heavy atom. The number of nitrogens with zero attached hydrogens (tertiary/aromatic N) is 2. The maximum atomic E-state index is 4.50. The molecule has 19 heavy (non-hydrogen) atoms. The predicted octanol–water partition coefficient (Wildman–Crippen LogP) is 2.99. The summed E-state index contributed by atoms with van der Waals surface area (Å²) in [5.74, 6) is 3.20. The molecule has 2 saturated carbocycles. The minimum atomic E-state index is 0.694. The highest BCUT2D eigenvalue weighted by molar-refractivity contribution is 5.19. The van der Waals surface area contributed by atoms with Crippen LogP contribution >= 0.6 is 0 Å². The highest BCUT2D eigenvalue weighted by Gasteiger charge is 2.49. The van der Waals surface area contributed by atoms with Crippen molar-refractivity contribution in [2.75, 3.05) is 33.2 Å². The molecule has 0 amide bonds. The third-order valence-electron chi connectivity index (χ3n) is 5.78. The van der Waals surface area contributed by atoms with Crippen molar-refractivity contribution in [3.8, 4) is 0 Å². The van der Waals surface area contributed by atoms with Crippen LogP contribution in [0.3, 0.4) is 0 Å². The first-order chi connectivity index (χ1) is 9.08. The van der Waals surface area contributed by atoms with Crippen molar-refractivity contribution in [3.63, 3.8) is 0 Å². The summed E-state index contributed by atoms with van der Waals surface area (Å²) >= 11 is 0. The van der Waals surface area contributed by atoms with Crippen LogP contribution in [0.15, 0.2) is 24.4 Å². The smallest absolute Gasteiger partial charge is 0.0303 e. The van der Waals surface area contributed by atoms with E-state index in [1.807, 2.05) is 0 Å². The fourth-order valence-corrected chi connectivity index (χ4v) is 4.78. The Morgan fingerprint density at radius 1 is 0.947 bits per heavy atom. The molecule has 2 aliphatic carbocycles. The molecule has 0 aromatic heterocycles. The van der Waals surface area contributed by atoms with Crippen LogP contribution < -0.4 is 0 Å². The first-order valence-electron chi connectivity index (χ1n) is 7.85. The van der Waals surface area contributed by atoms with Crippen LogP contribution in [0.25, 0.3) is 0 Å². The van der Waals surface area contributed by atoms with Crippen molar-refractivity contribution in [1.82, 2.24) is 9.80 Å². The van der Waals surface area contributed by atoms with Crippen LogP contribution in [-0.2, 0) is 0 Å². The number of piperazine rings is 1. The van der Waals surface area contributed by atoms with Gasteiger partial charge in [0.05, 0.1) is 0 Å². The third-order valence-corrected chi connectivity index (χ3v) is 5.78. The summed E-state index contributed by atoms with van der Waals surface area (Å²) in [6.45, 7) is 15.7. The lowest BCUT2D eigenvalue weighted by molar-refractivity contribution is 0.151. The van der Waals surface area contributed by atoms with Gasteiger partial charge in [-0.3, -0.25) is 0 Å². The van der Waals surface area contributed by atoms with Crippen molar-refractivity contribution < 1.29 is 0 Å². The molecule has 0 radical (unpaired) electrons. The summed E-state index contributed by atoms with van der Waals surface area (Å²) in [6.07, 6.45) is 4.27. The Hall–Kier alpha value is -0.760. The van der Waals surface area contributed by atoms with Gasteiger partial charge in [0.25, 0.3) is 0 Å². The van der Waals surface area contributed by atoms with Gasteiger partial charge in [0.15, 0.2) is 0 Å². The van der Waals surface area contributed by atoms with Gasteiger partial charge in [-0.25, -0.2) is 0 Å². The molecule has 1 heterocycles. The molecule has 1 saturated heterocycles. The van der Waals surface area contributed by atoms with E-state index in [0.717, 1.165) is 24.9 Å². The highest BCUT2D eigenvalue weighted by Crippen LogP contribution is 2.57. The molecule has 0 spiro atoms. The first kappa shape index (κ1) is 13.2. The van der Waals surface area contributed by atoms with Gasteiger partial charge in [0.1, 0.15) is 0 Å². The lowest BCUT2D eigenvalue weighted by atomic mass is 9.74. The van der Waals surface area contributed by atoms with E-state index >= 15 is 0 Å². The fourth-order valence-electron chi connectivity index (χ4n) is 4.78. The molecule has 3 rings (SSSR count). The highest BCUT2D eigenvalue weighted by atomic mass is 15.3. The Kier molecular flexibility index (Phi) is 3.46. The van der Waals surface area contributed by atoms with Crippen LogP contribution in [0, 0.1) is 23.7 Å². The van der Waals surface area contributed by atoms with E-state index in [1.165, 1.54) is 43.6 Å². The second-order valence-electron chi connectivity index (χ2n) is 7.01. The average molecular weight is 260 g/mol. The zero-order valence-corrected chi connectivity index (χ0v) is 12.6. The molecule has 4 atom stereocenters. The molecule has 106 valence electrons. The van der Waals surface area contributed by atoms with Gasteiger partial charge in [-0.15, -0.1) is 0 Å².